The summed E-state index contributed by atoms with van der Waals surface area (Å²) < 4.78 is 25.0. The van der Waals surface area contributed by atoms with E-state index in [4.69, 9.17) is 9.47 Å². The van der Waals surface area contributed by atoms with E-state index in [0.717, 1.165) is 23.2 Å². The number of rotatable bonds is 7. The molecule has 164 valence electrons. The number of hydrogen-bond donors (Lipinski definition) is 0. The van der Waals surface area contributed by atoms with Crippen molar-refractivity contribution in [2.75, 3.05) is 38.9 Å². The summed E-state index contributed by atoms with van der Waals surface area (Å²) >= 11 is 1.31. The molecule has 0 bridgehead atoms. The van der Waals surface area contributed by atoms with Gasteiger partial charge in [0.2, 0.25) is 6.79 Å². The lowest BCUT2D eigenvalue weighted by atomic mass is 10.2. The molecule has 4 rings (SSSR count). The fourth-order valence-corrected chi connectivity index (χ4v) is 4.14. The minimum atomic E-state index is -0.314. The largest absolute Gasteiger partial charge is 0.454 e. The number of fused-ring (bicyclic) bond motifs is 2. The van der Waals surface area contributed by atoms with E-state index < -0.39 is 0 Å². The first kappa shape index (κ1) is 23.0. The van der Waals surface area contributed by atoms with Crippen molar-refractivity contribution in [2.45, 2.75) is 6.42 Å². The molecule has 1 aromatic heterocycles. The molecular formula is C22H23ClFN3O3S. The Morgan fingerprint density at radius 3 is 2.77 bits per heavy atom. The molecule has 6 nitrogen and oxygen atoms in total. The number of benzene rings is 2. The smallest absolute Gasteiger partial charge is 0.252 e. The summed E-state index contributed by atoms with van der Waals surface area (Å²) in [6.45, 7) is 1.57. The van der Waals surface area contributed by atoms with E-state index in [1.807, 2.05) is 32.3 Å². The van der Waals surface area contributed by atoms with E-state index in [1.54, 1.807) is 17.0 Å². The highest BCUT2D eigenvalue weighted by Gasteiger charge is 2.18. The van der Waals surface area contributed by atoms with Crippen molar-refractivity contribution in [3.05, 3.63) is 53.9 Å². The van der Waals surface area contributed by atoms with E-state index in [1.165, 1.54) is 29.5 Å². The van der Waals surface area contributed by atoms with Gasteiger partial charge in [0.05, 0.1) is 10.2 Å². The lowest BCUT2D eigenvalue weighted by Crippen LogP contribution is -2.32. The molecule has 1 aliphatic rings. The third-order valence-electron chi connectivity index (χ3n) is 4.64. The number of carbonyl (C=O) groups is 1. The van der Waals surface area contributed by atoms with Gasteiger partial charge in [0.1, 0.15) is 5.82 Å². The normalized spacial score (nSPS) is 12.5. The quantitative estimate of drug-likeness (QED) is 0.480. The summed E-state index contributed by atoms with van der Waals surface area (Å²) in [5, 5.41) is 0.565. The maximum absolute atomic E-state index is 13.6. The monoisotopic (exact) mass is 463 g/mol. The van der Waals surface area contributed by atoms with Crippen LogP contribution in [-0.4, -0.2) is 49.8 Å². The molecule has 0 fully saturated rings. The molecule has 2 heterocycles. The first-order valence-electron chi connectivity index (χ1n) is 9.60. The molecule has 0 spiro atoms. The van der Waals surface area contributed by atoms with Gasteiger partial charge >= 0.3 is 0 Å². The third kappa shape index (κ3) is 5.52. The second-order valence-electron chi connectivity index (χ2n) is 7.20. The Morgan fingerprint density at radius 2 is 1.97 bits per heavy atom. The van der Waals surface area contributed by atoms with Crippen LogP contribution in [0.1, 0.15) is 12.0 Å². The molecule has 1 amide bonds. The summed E-state index contributed by atoms with van der Waals surface area (Å²) in [5.74, 6) is 0.878. The van der Waals surface area contributed by atoms with Crippen LogP contribution in [0.2, 0.25) is 0 Å². The highest BCUT2D eigenvalue weighted by molar-refractivity contribution is 7.22. The molecule has 0 saturated carbocycles. The van der Waals surface area contributed by atoms with Crippen molar-refractivity contribution < 1.29 is 18.7 Å². The average Bonchev–Trinajstić information content (AvgIpc) is 3.34. The molecule has 1 aliphatic heterocycles. The van der Waals surface area contributed by atoms with Crippen LogP contribution >= 0.6 is 23.7 Å². The third-order valence-corrected chi connectivity index (χ3v) is 5.68. The van der Waals surface area contributed by atoms with Crippen molar-refractivity contribution in [1.29, 1.82) is 0 Å². The number of aromatic nitrogens is 1. The van der Waals surface area contributed by atoms with E-state index >= 15 is 0 Å². The Balaban J connectivity index is 0.00000272. The van der Waals surface area contributed by atoms with Gasteiger partial charge in [-0.05, 0) is 69.0 Å². The zero-order valence-corrected chi connectivity index (χ0v) is 18.8. The first-order valence-corrected chi connectivity index (χ1v) is 10.4. The Kier molecular flexibility index (Phi) is 7.48. The Bertz CT molecular complexity index is 1100. The van der Waals surface area contributed by atoms with E-state index in [9.17, 15) is 9.18 Å². The van der Waals surface area contributed by atoms with Gasteiger partial charge in [-0.3, -0.25) is 9.69 Å². The van der Waals surface area contributed by atoms with Crippen LogP contribution in [0.3, 0.4) is 0 Å². The molecule has 31 heavy (non-hydrogen) atoms. The second-order valence-corrected chi connectivity index (χ2v) is 8.21. The number of thiazole rings is 1. The van der Waals surface area contributed by atoms with Crippen molar-refractivity contribution in [2.24, 2.45) is 0 Å². The standard InChI is InChI=1S/C22H22FN3O3S.ClH/c1-25(2)10-3-11-26(22-24-17-7-6-16(23)13-20(17)30-22)21(27)9-5-15-4-8-18-19(12-15)29-14-28-18;/h4-9,12-13H,3,10-11,14H2,1-2H3;1H. The number of carbonyl (C=O) groups excluding carboxylic acids is 1. The van der Waals surface area contributed by atoms with E-state index in [0.29, 0.717) is 28.7 Å². The SMILES string of the molecule is CN(C)CCCN(C(=O)C=Cc1ccc2c(c1)OCO2)c1nc2ccc(F)cc2s1.Cl. The van der Waals surface area contributed by atoms with Gasteiger partial charge in [-0.2, -0.15) is 0 Å². The van der Waals surface area contributed by atoms with E-state index in [2.05, 4.69) is 9.88 Å². The van der Waals surface area contributed by atoms with Crippen molar-refractivity contribution in [3.63, 3.8) is 0 Å². The fraction of sp³-hybridized carbons (Fsp3) is 0.273. The molecule has 0 atom stereocenters. The van der Waals surface area contributed by atoms with Crippen LogP contribution < -0.4 is 14.4 Å². The van der Waals surface area contributed by atoms with Crippen LogP contribution in [0.25, 0.3) is 16.3 Å². The number of nitrogens with zero attached hydrogens (tertiary/aromatic N) is 3. The minimum absolute atomic E-state index is 0. The maximum atomic E-state index is 13.6. The molecule has 0 saturated heterocycles. The molecule has 0 aliphatic carbocycles. The average molecular weight is 464 g/mol. The van der Waals surface area contributed by atoms with Crippen LogP contribution in [0.15, 0.2) is 42.5 Å². The summed E-state index contributed by atoms with van der Waals surface area (Å²) in [6.07, 6.45) is 4.07. The predicted molar refractivity (Wildman–Crippen MR) is 124 cm³/mol. The molecule has 9 heteroatoms. The number of anilines is 1. The highest BCUT2D eigenvalue weighted by atomic mass is 35.5. The van der Waals surface area contributed by atoms with Crippen LogP contribution in [0, 0.1) is 5.82 Å². The summed E-state index contributed by atoms with van der Waals surface area (Å²) in [5.41, 5.74) is 1.52. The number of ether oxygens (including phenoxy) is 2. The number of halogens is 2. The lowest BCUT2D eigenvalue weighted by molar-refractivity contribution is -0.114. The van der Waals surface area contributed by atoms with Gasteiger partial charge in [0, 0.05) is 12.6 Å². The summed E-state index contributed by atoms with van der Waals surface area (Å²) in [4.78, 5) is 21.3. The molecular weight excluding hydrogens is 441 g/mol. The topological polar surface area (TPSA) is 54.9 Å². The van der Waals surface area contributed by atoms with Crippen molar-refractivity contribution in [3.8, 4) is 11.5 Å². The van der Waals surface area contributed by atoms with Gasteiger partial charge in [-0.25, -0.2) is 9.37 Å². The Hall–Kier alpha value is -2.68. The molecule has 3 aromatic rings. The fourth-order valence-electron chi connectivity index (χ4n) is 3.12. The Morgan fingerprint density at radius 1 is 1.16 bits per heavy atom. The summed E-state index contributed by atoms with van der Waals surface area (Å²) in [6, 6.07) is 9.99. The van der Waals surface area contributed by atoms with E-state index in [-0.39, 0.29) is 30.9 Å². The molecule has 0 radical (unpaired) electrons. The predicted octanol–water partition coefficient (Wildman–Crippen LogP) is 4.58. The van der Waals surface area contributed by atoms with Crippen molar-refractivity contribution in [1.82, 2.24) is 9.88 Å². The molecule has 0 N–H and O–H groups in total. The zero-order chi connectivity index (χ0) is 21.1. The summed E-state index contributed by atoms with van der Waals surface area (Å²) in [7, 11) is 3.98. The highest BCUT2D eigenvalue weighted by Crippen LogP contribution is 2.33. The minimum Gasteiger partial charge on any atom is -0.454 e. The second kappa shape index (κ2) is 10.1. The van der Waals surface area contributed by atoms with Gasteiger partial charge < -0.3 is 14.4 Å². The number of amides is 1. The molecule has 0 unspecified atom stereocenters. The lowest BCUT2D eigenvalue weighted by Gasteiger charge is -2.19. The maximum Gasteiger partial charge on any atom is 0.252 e. The van der Waals surface area contributed by atoms with Gasteiger partial charge in [-0.1, -0.05) is 17.4 Å². The van der Waals surface area contributed by atoms with Gasteiger partial charge in [0.15, 0.2) is 16.6 Å². The van der Waals surface area contributed by atoms with Gasteiger partial charge in [0.25, 0.3) is 5.91 Å². The zero-order valence-electron chi connectivity index (χ0n) is 17.2. The molecule has 2 aromatic carbocycles. The van der Waals surface area contributed by atoms with Crippen LogP contribution in [-0.2, 0) is 4.79 Å². The van der Waals surface area contributed by atoms with Crippen LogP contribution in [0.4, 0.5) is 9.52 Å². The Labute approximate surface area is 190 Å². The number of hydrogen-bond acceptors (Lipinski definition) is 6. The van der Waals surface area contributed by atoms with Crippen molar-refractivity contribution >= 4 is 51.1 Å². The first-order chi connectivity index (χ1) is 14.5. The van der Waals surface area contributed by atoms with Gasteiger partial charge in [-0.15, -0.1) is 12.4 Å². The van der Waals surface area contributed by atoms with Crippen LogP contribution in [0.5, 0.6) is 11.5 Å².